The Balaban J connectivity index is 2.70. The maximum absolute atomic E-state index is 6.67. The Bertz CT molecular complexity index is 73.7. The van der Waals surface area contributed by atoms with Crippen LogP contribution in [0.1, 0.15) is 32.6 Å². The quantitative estimate of drug-likeness (QED) is 0.430. The Hall–Kier alpha value is -0.370. The number of hydrogen-bond donors (Lipinski definition) is 1. The van der Waals surface area contributed by atoms with Gasteiger partial charge in [-0.3, -0.25) is 0 Å². The average Bonchev–Trinajstić information content (AvgIpc) is 1.97. The lowest BCUT2D eigenvalue weighted by Gasteiger charge is -1.98. The smallest absolute Gasteiger partial charge is 0.0811 e. The molecular formula is C8H17NO. The van der Waals surface area contributed by atoms with E-state index in [2.05, 4.69) is 6.92 Å². The molecule has 0 amide bonds. The van der Waals surface area contributed by atoms with Crippen molar-refractivity contribution in [1.82, 2.24) is 0 Å². The molecule has 60 valence electrons. The van der Waals surface area contributed by atoms with Crippen LogP contribution in [0.2, 0.25) is 0 Å². The molecule has 0 bridgehead atoms. The van der Waals surface area contributed by atoms with E-state index in [9.17, 15) is 0 Å². The summed E-state index contributed by atoms with van der Waals surface area (Å²) >= 11 is 0. The summed E-state index contributed by atoms with van der Waals surface area (Å²) in [7, 11) is 0. The molecule has 0 atom stereocenters. The lowest BCUT2D eigenvalue weighted by molar-refractivity contribution is 0.168. The van der Waals surface area contributed by atoms with Gasteiger partial charge in [0.2, 0.25) is 0 Å². The first-order valence-corrected chi connectivity index (χ1v) is 3.98. The van der Waals surface area contributed by atoms with E-state index in [-0.39, 0.29) is 0 Å². The Labute approximate surface area is 63.1 Å². The van der Waals surface area contributed by atoms with Gasteiger partial charge in [-0.15, -0.1) is 0 Å². The third-order valence-corrected chi connectivity index (χ3v) is 1.34. The largest absolute Gasteiger partial charge is 0.376 e. The molecule has 0 aliphatic rings. The minimum atomic E-state index is 0.478. The molecule has 0 unspecified atom stereocenters. The highest BCUT2D eigenvalue weighted by atomic mass is 16.5. The fraction of sp³-hybridized carbons (Fsp3) is 0.875. The van der Waals surface area contributed by atoms with Gasteiger partial charge in [-0.25, -0.2) is 0 Å². The van der Waals surface area contributed by atoms with Crippen LogP contribution in [0.25, 0.3) is 0 Å². The van der Waals surface area contributed by atoms with Gasteiger partial charge in [0, 0.05) is 12.8 Å². The fourth-order valence-electron chi connectivity index (χ4n) is 0.773. The van der Waals surface area contributed by atoms with E-state index in [0.29, 0.717) is 6.61 Å². The Kier molecular flexibility index (Phi) is 8.31. The van der Waals surface area contributed by atoms with Crippen molar-refractivity contribution in [3.05, 3.63) is 0 Å². The van der Waals surface area contributed by atoms with Crippen molar-refractivity contribution in [2.45, 2.75) is 32.6 Å². The second-order valence-electron chi connectivity index (χ2n) is 2.34. The molecule has 0 rings (SSSR count). The normalized spacial score (nSPS) is 9.70. The molecule has 0 saturated carbocycles. The maximum atomic E-state index is 6.67. The lowest BCUT2D eigenvalue weighted by atomic mass is 10.2. The summed E-state index contributed by atoms with van der Waals surface area (Å²) in [5.41, 5.74) is 0. The zero-order valence-electron chi connectivity index (χ0n) is 6.73. The Morgan fingerprint density at radius 1 is 1.30 bits per heavy atom. The molecule has 0 radical (unpaired) electrons. The molecule has 0 aromatic heterocycles. The van der Waals surface area contributed by atoms with Crippen molar-refractivity contribution in [3.8, 4) is 0 Å². The second-order valence-corrected chi connectivity index (χ2v) is 2.34. The predicted molar refractivity (Wildman–Crippen MR) is 43.7 cm³/mol. The molecule has 0 aliphatic carbocycles. The molecule has 0 heterocycles. The van der Waals surface area contributed by atoms with Gasteiger partial charge in [0.05, 0.1) is 6.61 Å². The first-order valence-electron chi connectivity index (χ1n) is 3.98. The summed E-state index contributed by atoms with van der Waals surface area (Å²) in [5.74, 6) is 0. The standard InChI is InChI=1S/C8H17NO/c1-2-3-4-5-7-10-8-6-9/h6,9H,2-5,7-8H2,1H3. The molecule has 0 spiro atoms. The molecule has 0 aromatic carbocycles. The Morgan fingerprint density at radius 2 is 2.10 bits per heavy atom. The van der Waals surface area contributed by atoms with Gasteiger partial charge < -0.3 is 10.1 Å². The Morgan fingerprint density at radius 3 is 2.70 bits per heavy atom. The summed E-state index contributed by atoms with van der Waals surface area (Å²) in [6.07, 6.45) is 6.26. The molecule has 0 saturated heterocycles. The van der Waals surface area contributed by atoms with Crippen molar-refractivity contribution in [2.75, 3.05) is 13.2 Å². The van der Waals surface area contributed by atoms with E-state index >= 15 is 0 Å². The zero-order valence-corrected chi connectivity index (χ0v) is 6.73. The van der Waals surface area contributed by atoms with Crippen LogP contribution in [0.5, 0.6) is 0 Å². The molecular weight excluding hydrogens is 126 g/mol. The number of nitrogens with one attached hydrogen (secondary N) is 1. The van der Waals surface area contributed by atoms with Crippen molar-refractivity contribution in [2.24, 2.45) is 0 Å². The van der Waals surface area contributed by atoms with E-state index in [1.165, 1.54) is 25.5 Å². The molecule has 0 fully saturated rings. The summed E-state index contributed by atoms with van der Waals surface area (Å²) in [5, 5.41) is 6.67. The summed E-state index contributed by atoms with van der Waals surface area (Å²) in [4.78, 5) is 0. The maximum Gasteiger partial charge on any atom is 0.0811 e. The molecule has 1 N–H and O–H groups in total. The first-order chi connectivity index (χ1) is 4.91. The second kappa shape index (κ2) is 8.63. The minimum Gasteiger partial charge on any atom is -0.376 e. The molecule has 2 nitrogen and oxygen atoms in total. The van der Waals surface area contributed by atoms with Crippen LogP contribution in [0, 0.1) is 5.41 Å². The summed E-state index contributed by atoms with van der Waals surface area (Å²) in [6.45, 7) is 3.49. The van der Waals surface area contributed by atoms with E-state index in [0.717, 1.165) is 13.0 Å². The SMILES string of the molecule is CCCCCCOCC=N. The number of rotatable bonds is 7. The number of hydrogen-bond acceptors (Lipinski definition) is 2. The van der Waals surface area contributed by atoms with E-state index in [1.807, 2.05) is 0 Å². The molecule has 2 heteroatoms. The average molecular weight is 143 g/mol. The predicted octanol–water partition coefficient (Wildman–Crippen LogP) is 2.23. The molecule has 0 aliphatic heterocycles. The van der Waals surface area contributed by atoms with Gasteiger partial charge in [0.15, 0.2) is 0 Å². The fourth-order valence-corrected chi connectivity index (χ4v) is 0.773. The highest BCUT2D eigenvalue weighted by Gasteiger charge is 1.86. The van der Waals surface area contributed by atoms with Gasteiger partial charge in [0.25, 0.3) is 0 Å². The van der Waals surface area contributed by atoms with Crippen molar-refractivity contribution in [1.29, 1.82) is 5.41 Å². The lowest BCUT2D eigenvalue weighted by Crippen LogP contribution is -1.96. The summed E-state index contributed by atoms with van der Waals surface area (Å²) < 4.78 is 5.09. The third kappa shape index (κ3) is 7.63. The minimum absolute atomic E-state index is 0.478. The molecule has 10 heavy (non-hydrogen) atoms. The van der Waals surface area contributed by atoms with Crippen molar-refractivity contribution < 1.29 is 4.74 Å². The number of unbranched alkanes of at least 4 members (excludes halogenated alkanes) is 3. The van der Waals surface area contributed by atoms with Gasteiger partial charge in [-0.1, -0.05) is 26.2 Å². The highest BCUT2D eigenvalue weighted by Crippen LogP contribution is 1.97. The first kappa shape index (κ1) is 9.63. The van der Waals surface area contributed by atoms with Crippen LogP contribution in [0.3, 0.4) is 0 Å². The topological polar surface area (TPSA) is 33.1 Å². The van der Waals surface area contributed by atoms with Crippen molar-refractivity contribution in [3.63, 3.8) is 0 Å². The van der Waals surface area contributed by atoms with Gasteiger partial charge >= 0.3 is 0 Å². The van der Waals surface area contributed by atoms with Crippen LogP contribution in [0.15, 0.2) is 0 Å². The van der Waals surface area contributed by atoms with Crippen LogP contribution in [-0.2, 0) is 4.74 Å². The van der Waals surface area contributed by atoms with Gasteiger partial charge in [-0.05, 0) is 6.42 Å². The van der Waals surface area contributed by atoms with Crippen LogP contribution >= 0.6 is 0 Å². The molecule has 0 aromatic rings. The van der Waals surface area contributed by atoms with Crippen LogP contribution in [-0.4, -0.2) is 19.4 Å². The highest BCUT2D eigenvalue weighted by molar-refractivity contribution is 5.53. The summed E-state index contributed by atoms with van der Waals surface area (Å²) in [6, 6.07) is 0. The third-order valence-electron chi connectivity index (χ3n) is 1.34. The monoisotopic (exact) mass is 143 g/mol. The van der Waals surface area contributed by atoms with Gasteiger partial charge in [-0.2, -0.15) is 0 Å². The van der Waals surface area contributed by atoms with E-state index < -0.39 is 0 Å². The van der Waals surface area contributed by atoms with E-state index in [4.69, 9.17) is 10.1 Å². The van der Waals surface area contributed by atoms with Gasteiger partial charge in [0.1, 0.15) is 0 Å². The number of ether oxygens (including phenoxy) is 1. The van der Waals surface area contributed by atoms with Crippen molar-refractivity contribution >= 4 is 6.21 Å². The zero-order chi connectivity index (χ0) is 7.66. The van der Waals surface area contributed by atoms with Crippen LogP contribution < -0.4 is 0 Å². The van der Waals surface area contributed by atoms with Crippen LogP contribution in [0.4, 0.5) is 0 Å². The van der Waals surface area contributed by atoms with E-state index in [1.54, 1.807) is 0 Å².